The normalized spacial score (nSPS) is 12.4. The van der Waals surface area contributed by atoms with Gasteiger partial charge in [0.15, 0.2) is 29.1 Å². The molecule has 0 saturated heterocycles. The van der Waals surface area contributed by atoms with Crippen LogP contribution in [0.5, 0.6) is 0 Å². The summed E-state index contributed by atoms with van der Waals surface area (Å²) in [5.74, 6) is 2.82. The Hall–Kier alpha value is -5.85. The zero-order chi connectivity index (χ0) is 29.6. The van der Waals surface area contributed by atoms with Gasteiger partial charge in [0.25, 0.3) is 10.1 Å². The standard InChI is InChI=1S/C32H18N8O3S/c41-44(42,43)16-13-14-23-24(15-16)32-39-30-22-12-6-5-11-21(22)28(37-30)35-26-18-8-2-1-7-17(18)25(33-26)34-27-19-9-3-4-10-20(19)29(36-27)38-31(23)40-32/h1-15H,(H,41,42,43)(H2,33,34,35,36,37,38,39,40). The summed E-state index contributed by atoms with van der Waals surface area (Å²) in [7, 11) is -4.47. The molecule has 12 heteroatoms. The molecule has 3 N–H and O–H groups in total. The quantitative estimate of drug-likeness (QED) is 0.193. The number of hydrogen-bond donors (Lipinski definition) is 3. The summed E-state index contributed by atoms with van der Waals surface area (Å²) < 4.78 is 34.0. The van der Waals surface area contributed by atoms with Crippen LogP contribution in [0, 0.1) is 0 Å². The van der Waals surface area contributed by atoms with E-state index in [4.69, 9.17) is 29.9 Å². The van der Waals surface area contributed by atoms with Gasteiger partial charge in [-0.3, -0.25) is 4.55 Å². The summed E-state index contributed by atoms with van der Waals surface area (Å²) in [4.78, 5) is 35.6. The molecule has 44 heavy (non-hydrogen) atoms. The Balaban J connectivity index is 1.47. The number of hydrogen-bond acceptors (Lipinski definition) is 8. The fraction of sp³-hybridized carbons (Fsp3) is 0. The molecular weight excluding hydrogens is 576 g/mol. The van der Waals surface area contributed by atoms with Crippen LogP contribution in [-0.4, -0.2) is 52.8 Å². The van der Waals surface area contributed by atoms with Gasteiger partial charge in [-0.05, 0) is 18.2 Å². The first-order valence-electron chi connectivity index (χ1n) is 13.6. The van der Waals surface area contributed by atoms with Crippen molar-refractivity contribution in [3.05, 3.63) is 91.0 Å². The van der Waals surface area contributed by atoms with Gasteiger partial charge in [0, 0.05) is 44.2 Å². The molecule has 3 aliphatic heterocycles. The van der Waals surface area contributed by atoms with Crippen molar-refractivity contribution in [3.63, 3.8) is 0 Å². The van der Waals surface area contributed by atoms with Crippen LogP contribution in [0.4, 0.5) is 0 Å². The molecule has 0 saturated carbocycles. The third-order valence-electron chi connectivity index (χ3n) is 7.82. The monoisotopic (exact) mass is 594 g/mol. The van der Waals surface area contributed by atoms with Crippen molar-refractivity contribution in [2.24, 2.45) is 0 Å². The van der Waals surface area contributed by atoms with Gasteiger partial charge >= 0.3 is 0 Å². The summed E-state index contributed by atoms with van der Waals surface area (Å²) in [5.41, 5.74) is 5.73. The van der Waals surface area contributed by atoms with Crippen LogP contribution in [0.1, 0.15) is 0 Å². The smallest absolute Gasteiger partial charge is 0.294 e. The van der Waals surface area contributed by atoms with Gasteiger partial charge in [-0.1, -0.05) is 72.8 Å². The first-order chi connectivity index (χ1) is 21.4. The highest BCUT2D eigenvalue weighted by Crippen LogP contribution is 2.39. The predicted octanol–water partition coefficient (Wildman–Crippen LogP) is 6.02. The van der Waals surface area contributed by atoms with Crippen LogP contribution in [0.3, 0.4) is 0 Å². The molecule has 8 bridgehead atoms. The molecule has 0 amide bonds. The Morgan fingerprint density at radius 3 is 1.48 bits per heavy atom. The summed E-state index contributed by atoms with van der Waals surface area (Å²) in [5, 5.41) is 1.10. The third-order valence-corrected chi connectivity index (χ3v) is 8.67. The number of nitrogens with one attached hydrogen (secondary N) is 2. The number of H-pyrrole nitrogens is 2. The van der Waals surface area contributed by atoms with Crippen molar-refractivity contribution < 1.29 is 13.0 Å². The third kappa shape index (κ3) is 3.68. The van der Waals surface area contributed by atoms with Crippen LogP contribution in [0.2, 0.25) is 0 Å². The first kappa shape index (κ1) is 24.7. The van der Waals surface area contributed by atoms with E-state index in [0.29, 0.717) is 57.0 Å². The van der Waals surface area contributed by atoms with E-state index in [2.05, 4.69) is 9.97 Å². The van der Waals surface area contributed by atoms with Crippen molar-refractivity contribution in [3.8, 4) is 68.3 Å². The SMILES string of the molecule is O=S(=O)(O)c1ccc2c3[nH]c4nc(nc5nc(nc6nc(nc([nH]3)c2c1)-c1ccccc1-6)-c1ccccc1-5)-c1ccccc1-4. The number of aromatic nitrogens is 8. The predicted molar refractivity (Wildman–Crippen MR) is 164 cm³/mol. The van der Waals surface area contributed by atoms with E-state index in [-0.39, 0.29) is 4.90 Å². The highest BCUT2D eigenvalue weighted by molar-refractivity contribution is 7.85. The zero-order valence-corrected chi connectivity index (χ0v) is 23.3. The Bertz CT molecular complexity index is 2560. The van der Waals surface area contributed by atoms with Crippen LogP contribution < -0.4 is 0 Å². The molecule has 0 fully saturated rings. The minimum Gasteiger partial charge on any atom is -0.325 e. The second kappa shape index (κ2) is 8.83. The molecule has 0 atom stereocenters. The maximum Gasteiger partial charge on any atom is 0.294 e. The van der Waals surface area contributed by atoms with Crippen LogP contribution in [0.15, 0.2) is 95.9 Å². The molecule has 2 aromatic heterocycles. The van der Waals surface area contributed by atoms with E-state index >= 15 is 0 Å². The van der Waals surface area contributed by atoms with E-state index in [0.717, 1.165) is 33.4 Å². The van der Waals surface area contributed by atoms with Crippen LogP contribution >= 0.6 is 0 Å². The Labute approximate surface area is 248 Å². The van der Waals surface area contributed by atoms with Gasteiger partial charge in [0.05, 0.1) is 4.90 Å². The molecule has 6 aromatic rings. The van der Waals surface area contributed by atoms with Gasteiger partial charge in [0.1, 0.15) is 17.1 Å². The maximum absolute atomic E-state index is 12.1. The highest BCUT2D eigenvalue weighted by atomic mass is 32.2. The minimum absolute atomic E-state index is 0.253. The van der Waals surface area contributed by atoms with Crippen molar-refractivity contribution in [1.29, 1.82) is 0 Å². The average molecular weight is 595 g/mol. The molecule has 4 aromatic carbocycles. The lowest BCUT2D eigenvalue weighted by molar-refractivity contribution is 0.483. The minimum atomic E-state index is -4.47. The number of fused-ring (bicyclic) bond motifs is 20. The van der Waals surface area contributed by atoms with Crippen LogP contribution in [0.25, 0.3) is 90.4 Å². The molecule has 5 heterocycles. The summed E-state index contributed by atoms with van der Waals surface area (Å²) in [6.45, 7) is 0. The molecule has 0 radical (unpaired) electrons. The number of aromatic amines is 2. The molecular formula is C32H18N8O3S. The van der Waals surface area contributed by atoms with E-state index in [1.165, 1.54) is 12.1 Å². The maximum atomic E-state index is 12.1. The zero-order valence-electron chi connectivity index (χ0n) is 22.5. The van der Waals surface area contributed by atoms with Gasteiger partial charge < -0.3 is 9.97 Å². The van der Waals surface area contributed by atoms with Crippen molar-refractivity contribution >= 4 is 32.2 Å². The molecule has 3 aliphatic rings. The highest BCUT2D eigenvalue weighted by Gasteiger charge is 2.25. The Morgan fingerprint density at radius 2 is 0.955 bits per heavy atom. The van der Waals surface area contributed by atoms with Gasteiger partial charge in [-0.2, -0.15) is 8.42 Å². The molecule has 0 spiro atoms. The number of benzene rings is 4. The van der Waals surface area contributed by atoms with Crippen molar-refractivity contribution in [2.75, 3.05) is 0 Å². The summed E-state index contributed by atoms with van der Waals surface area (Å²) in [6, 6.07) is 27.5. The second-order valence-electron chi connectivity index (χ2n) is 10.4. The first-order valence-corrected chi connectivity index (χ1v) is 15.1. The number of rotatable bonds is 1. The molecule has 0 aliphatic carbocycles. The lowest BCUT2D eigenvalue weighted by Gasteiger charge is -1.99. The fourth-order valence-corrected chi connectivity index (χ4v) is 6.29. The second-order valence-corrected chi connectivity index (χ2v) is 11.9. The van der Waals surface area contributed by atoms with E-state index in [9.17, 15) is 13.0 Å². The number of nitrogens with zero attached hydrogens (tertiary/aromatic N) is 6. The van der Waals surface area contributed by atoms with E-state index < -0.39 is 10.1 Å². The van der Waals surface area contributed by atoms with E-state index in [1.54, 1.807) is 6.07 Å². The van der Waals surface area contributed by atoms with E-state index in [1.807, 2.05) is 72.8 Å². The summed E-state index contributed by atoms with van der Waals surface area (Å²) in [6.07, 6.45) is 0. The van der Waals surface area contributed by atoms with Crippen molar-refractivity contribution in [1.82, 2.24) is 39.9 Å². The van der Waals surface area contributed by atoms with Gasteiger partial charge in [-0.25, -0.2) is 29.9 Å². The van der Waals surface area contributed by atoms with Gasteiger partial charge in [0.2, 0.25) is 0 Å². The lowest BCUT2D eigenvalue weighted by Crippen LogP contribution is -1.97. The summed E-state index contributed by atoms with van der Waals surface area (Å²) >= 11 is 0. The molecule has 11 nitrogen and oxygen atoms in total. The van der Waals surface area contributed by atoms with Gasteiger partial charge in [-0.15, -0.1) is 0 Å². The topological polar surface area (TPSA) is 163 Å². The largest absolute Gasteiger partial charge is 0.325 e. The molecule has 9 rings (SSSR count). The van der Waals surface area contributed by atoms with Crippen LogP contribution in [-0.2, 0) is 10.1 Å². The lowest BCUT2D eigenvalue weighted by atomic mass is 10.1. The molecule has 210 valence electrons. The Morgan fingerprint density at radius 1 is 0.500 bits per heavy atom. The Kier molecular flexibility index (Phi) is 4.96. The van der Waals surface area contributed by atoms with Crippen molar-refractivity contribution in [2.45, 2.75) is 4.90 Å². The molecule has 0 unspecified atom stereocenters. The average Bonchev–Trinajstić information content (AvgIpc) is 3.76. The fourth-order valence-electron chi connectivity index (χ4n) is 5.78.